The largest absolute Gasteiger partial charge is 0.322 e. The highest BCUT2D eigenvalue weighted by Crippen LogP contribution is 2.33. The number of benzene rings is 1. The van der Waals surface area contributed by atoms with Crippen LogP contribution in [-0.4, -0.2) is 17.9 Å². The van der Waals surface area contributed by atoms with Crippen molar-refractivity contribution in [2.24, 2.45) is 0 Å². The minimum absolute atomic E-state index is 0.0842. The molecule has 0 unspecified atom stereocenters. The highest BCUT2D eigenvalue weighted by atomic mass is 79.9. The first-order valence-electron chi connectivity index (χ1n) is 4.11. The fraction of sp³-hybridized carbons (Fsp3) is 0.200. The Morgan fingerprint density at radius 2 is 2.29 bits per heavy atom. The number of rotatable bonds is 0. The molecule has 1 heterocycles. The van der Waals surface area contributed by atoms with Crippen LogP contribution in [0.1, 0.15) is 22.0 Å². The van der Waals surface area contributed by atoms with Gasteiger partial charge in [0.25, 0.3) is 5.91 Å². The number of nitriles is 1. The predicted octanol–water partition coefficient (Wildman–Crippen LogP) is 2.10. The lowest BCUT2D eigenvalue weighted by atomic mass is 10.1. The van der Waals surface area contributed by atoms with Crippen LogP contribution in [0.5, 0.6) is 0 Å². The number of carbonyl (C=O) groups excluding carboxylic acids is 1. The van der Waals surface area contributed by atoms with Crippen molar-refractivity contribution in [1.82, 2.24) is 4.90 Å². The topological polar surface area (TPSA) is 44.1 Å². The van der Waals surface area contributed by atoms with Crippen LogP contribution in [0.15, 0.2) is 22.7 Å². The van der Waals surface area contributed by atoms with Crippen LogP contribution in [0.2, 0.25) is 0 Å². The summed E-state index contributed by atoms with van der Waals surface area (Å²) in [5, 5.41) is 8.93. The lowest BCUT2D eigenvalue weighted by Crippen LogP contribution is -2.21. The molecule has 70 valence electrons. The Balaban J connectivity index is 2.63. The first-order valence-corrected chi connectivity index (χ1v) is 4.90. The Hall–Kier alpha value is -1.34. The van der Waals surface area contributed by atoms with Gasteiger partial charge in [0.2, 0.25) is 0 Å². The highest BCUT2D eigenvalue weighted by molar-refractivity contribution is 9.10. The summed E-state index contributed by atoms with van der Waals surface area (Å²) in [6.45, 7) is 0. The molecule has 1 aliphatic rings. The second-order valence-corrected chi connectivity index (χ2v) is 4.09. The van der Waals surface area contributed by atoms with Gasteiger partial charge in [-0.3, -0.25) is 4.79 Å². The van der Waals surface area contributed by atoms with E-state index in [2.05, 4.69) is 22.0 Å². The summed E-state index contributed by atoms with van der Waals surface area (Å²) >= 11 is 3.32. The van der Waals surface area contributed by atoms with Crippen molar-refractivity contribution in [2.75, 3.05) is 7.05 Å². The first kappa shape index (κ1) is 9.22. The number of hydrogen-bond acceptors (Lipinski definition) is 2. The Kier molecular flexibility index (Phi) is 2.05. The molecule has 14 heavy (non-hydrogen) atoms. The molecule has 3 nitrogen and oxygen atoms in total. The van der Waals surface area contributed by atoms with E-state index >= 15 is 0 Å². The van der Waals surface area contributed by atoms with Crippen molar-refractivity contribution >= 4 is 21.8 Å². The lowest BCUT2D eigenvalue weighted by molar-refractivity contribution is 0.0800. The van der Waals surface area contributed by atoms with E-state index in [1.165, 1.54) is 4.90 Å². The van der Waals surface area contributed by atoms with Crippen LogP contribution in [0, 0.1) is 11.3 Å². The molecule has 1 aromatic carbocycles. The van der Waals surface area contributed by atoms with Gasteiger partial charge in [-0.2, -0.15) is 5.26 Å². The van der Waals surface area contributed by atoms with Crippen molar-refractivity contribution in [1.29, 1.82) is 5.26 Å². The molecule has 0 fully saturated rings. The Labute approximate surface area is 90.1 Å². The highest BCUT2D eigenvalue weighted by Gasteiger charge is 2.33. The molecule has 1 aromatic rings. The third-order valence-electron chi connectivity index (χ3n) is 2.37. The summed E-state index contributed by atoms with van der Waals surface area (Å²) < 4.78 is 0.889. The van der Waals surface area contributed by atoms with Crippen molar-refractivity contribution in [3.8, 4) is 6.07 Å². The van der Waals surface area contributed by atoms with E-state index in [0.717, 1.165) is 10.0 Å². The molecule has 0 N–H and O–H groups in total. The number of halogens is 1. The van der Waals surface area contributed by atoms with Gasteiger partial charge in [-0.25, -0.2) is 0 Å². The average Bonchev–Trinajstić information content (AvgIpc) is 2.39. The van der Waals surface area contributed by atoms with E-state index in [9.17, 15) is 4.79 Å². The maximum atomic E-state index is 11.6. The Morgan fingerprint density at radius 3 is 2.93 bits per heavy atom. The summed E-state index contributed by atoms with van der Waals surface area (Å²) in [6, 6.07) is 7.04. The van der Waals surface area contributed by atoms with Gasteiger partial charge in [-0.15, -0.1) is 0 Å². The van der Waals surface area contributed by atoms with E-state index in [0.29, 0.717) is 5.56 Å². The molecule has 2 rings (SSSR count). The number of fused-ring (bicyclic) bond motifs is 1. The minimum atomic E-state index is -0.449. The van der Waals surface area contributed by atoms with Crippen LogP contribution in [0.4, 0.5) is 0 Å². The molecular formula is C10H7BrN2O. The van der Waals surface area contributed by atoms with Gasteiger partial charge in [0.05, 0.1) is 6.07 Å². The maximum absolute atomic E-state index is 11.6. The van der Waals surface area contributed by atoms with Crippen molar-refractivity contribution in [3.05, 3.63) is 33.8 Å². The molecule has 0 radical (unpaired) electrons. The van der Waals surface area contributed by atoms with E-state index in [4.69, 9.17) is 5.26 Å². The molecule has 0 aromatic heterocycles. The molecule has 0 bridgehead atoms. The van der Waals surface area contributed by atoms with Crippen LogP contribution < -0.4 is 0 Å². The summed E-state index contributed by atoms with van der Waals surface area (Å²) in [5.74, 6) is -0.0842. The monoisotopic (exact) mass is 250 g/mol. The van der Waals surface area contributed by atoms with Crippen LogP contribution in [0.25, 0.3) is 0 Å². The van der Waals surface area contributed by atoms with Gasteiger partial charge < -0.3 is 4.90 Å². The molecule has 1 amide bonds. The van der Waals surface area contributed by atoms with Crippen molar-refractivity contribution < 1.29 is 4.79 Å². The van der Waals surface area contributed by atoms with Crippen molar-refractivity contribution in [2.45, 2.75) is 6.04 Å². The standard InChI is InChI=1S/C10H7BrN2O/c1-13-9(5-12)8-4-6(11)2-3-7(8)10(13)14/h2-4,9H,1H3/t9-/m1/s1. The first-order chi connectivity index (χ1) is 6.65. The lowest BCUT2D eigenvalue weighted by Gasteiger charge is -2.12. The van der Waals surface area contributed by atoms with E-state index in [1.54, 1.807) is 13.1 Å². The van der Waals surface area contributed by atoms with Gasteiger partial charge in [-0.1, -0.05) is 15.9 Å². The summed E-state index contributed by atoms with van der Waals surface area (Å²) in [7, 11) is 1.64. The van der Waals surface area contributed by atoms with Crippen LogP contribution >= 0.6 is 15.9 Å². The van der Waals surface area contributed by atoms with Gasteiger partial charge in [-0.05, 0) is 18.2 Å². The zero-order valence-corrected chi connectivity index (χ0v) is 9.08. The molecule has 1 aliphatic heterocycles. The van der Waals surface area contributed by atoms with E-state index < -0.39 is 6.04 Å². The smallest absolute Gasteiger partial charge is 0.255 e. The molecule has 1 atom stereocenters. The Bertz CT molecular complexity index is 450. The quantitative estimate of drug-likeness (QED) is 0.708. The minimum Gasteiger partial charge on any atom is -0.322 e. The summed E-state index contributed by atoms with van der Waals surface area (Å²) in [6.07, 6.45) is 0. The summed E-state index contributed by atoms with van der Waals surface area (Å²) in [5.41, 5.74) is 1.41. The SMILES string of the molecule is CN1C(=O)c2ccc(Br)cc2[C@H]1C#N. The number of amides is 1. The van der Waals surface area contributed by atoms with Gasteiger partial charge in [0.1, 0.15) is 6.04 Å². The van der Waals surface area contributed by atoms with Crippen LogP contribution in [-0.2, 0) is 0 Å². The molecule has 4 heteroatoms. The second-order valence-electron chi connectivity index (χ2n) is 3.18. The number of nitrogens with zero attached hydrogens (tertiary/aromatic N) is 2. The summed E-state index contributed by atoms with van der Waals surface area (Å²) in [4.78, 5) is 13.1. The zero-order valence-electron chi connectivity index (χ0n) is 7.49. The molecular weight excluding hydrogens is 244 g/mol. The third kappa shape index (κ3) is 1.13. The van der Waals surface area contributed by atoms with E-state index in [-0.39, 0.29) is 5.91 Å². The third-order valence-corrected chi connectivity index (χ3v) is 2.86. The van der Waals surface area contributed by atoms with Gasteiger partial charge in [0.15, 0.2) is 0 Å². The van der Waals surface area contributed by atoms with Crippen LogP contribution in [0.3, 0.4) is 0 Å². The van der Waals surface area contributed by atoms with E-state index in [1.807, 2.05) is 12.1 Å². The molecule has 0 saturated heterocycles. The molecule has 0 spiro atoms. The maximum Gasteiger partial charge on any atom is 0.255 e. The van der Waals surface area contributed by atoms with Gasteiger partial charge in [0, 0.05) is 22.6 Å². The fourth-order valence-electron chi connectivity index (χ4n) is 1.63. The number of hydrogen-bond donors (Lipinski definition) is 0. The Morgan fingerprint density at radius 1 is 1.57 bits per heavy atom. The zero-order chi connectivity index (χ0) is 10.3. The predicted molar refractivity (Wildman–Crippen MR) is 54.6 cm³/mol. The molecule has 0 saturated carbocycles. The second kappa shape index (κ2) is 3.10. The number of carbonyl (C=O) groups is 1. The van der Waals surface area contributed by atoms with Crippen molar-refractivity contribution in [3.63, 3.8) is 0 Å². The molecule has 0 aliphatic carbocycles. The van der Waals surface area contributed by atoms with Gasteiger partial charge >= 0.3 is 0 Å². The average molecular weight is 251 g/mol. The fourth-order valence-corrected chi connectivity index (χ4v) is 2.01. The normalized spacial score (nSPS) is 19.4.